The minimum atomic E-state index is -0.473. The molecular weight excluding hydrogens is 366 g/mol. The number of carbonyl (C=O) groups is 3. The van der Waals surface area contributed by atoms with Crippen LogP contribution in [0.15, 0.2) is 60.7 Å². The van der Waals surface area contributed by atoms with Crippen molar-refractivity contribution >= 4 is 23.5 Å². The summed E-state index contributed by atoms with van der Waals surface area (Å²) in [4.78, 5) is 39.5. The van der Waals surface area contributed by atoms with Crippen molar-refractivity contribution in [3.05, 3.63) is 71.8 Å². The van der Waals surface area contributed by atoms with E-state index in [1.54, 1.807) is 36.4 Å². The fraction of sp³-hybridized carbons (Fsp3) is 0.292. The molecule has 2 bridgehead atoms. The number of benzene rings is 2. The second-order valence-corrected chi connectivity index (χ2v) is 7.95. The summed E-state index contributed by atoms with van der Waals surface area (Å²) >= 11 is 0. The molecule has 1 saturated heterocycles. The van der Waals surface area contributed by atoms with Crippen molar-refractivity contribution in [2.24, 2.45) is 23.7 Å². The van der Waals surface area contributed by atoms with Crippen LogP contribution in [0.25, 0.3) is 0 Å². The Labute approximate surface area is 169 Å². The molecule has 0 spiro atoms. The first kappa shape index (κ1) is 17.9. The van der Waals surface area contributed by atoms with E-state index in [-0.39, 0.29) is 35.5 Å². The lowest BCUT2D eigenvalue weighted by Gasteiger charge is -2.17. The predicted molar refractivity (Wildman–Crippen MR) is 107 cm³/mol. The molecule has 2 aromatic carbocycles. The Kier molecular flexibility index (Phi) is 4.12. The summed E-state index contributed by atoms with van der Waals surface area (Å²) in [7, 11) is 0. The van der Waals surface area contributed by atoms with Gasteiger partial charge in [0.2, 0.25) is 11.8 Å². The van der Waals surface area contributed by atoms with Crippen LogP contribution in [0, 0.1) is 23.7 Å². The van der Waals surface area contributed by atoms with Crippen LogP contribution in [0.3, 0.4) is 0 Å². The molecule has 1 heterocycles. The summed E-state index contributed by atoms with van der Waals surface area (Å²) in [6.07, 6.45) is 5.98. The van der Waals surface area contributed by atoms with E-state index in [9.17, 15) is 14.4 Å². The van der Waals surface area contributed by atoms with Gasteiger partial charge in [0.25, 0.3) is 0 Å². The zero-order chi connectivity index (χ0) is 20.1. The summed E-state index contributed by atoms with van der Waals surface area (Å²) in [5, 5.41) is 0. The fourth-order valence-corrected chi connectivity index (χ4v) is 4.86. The first-order chi connectivity index (χ1) is 14.1. The van der Waals surface area contributed by atoms with Crippen LogP contribution in [0.5, 0.6) is 5.75 Å². The van der Waals surface area contributed by atoms with Crippen LogP contribution < -0.4 is 9.64 Å². The van der Waals surface area contributed by atoms with Gasteiger partial charge in [-0.25, -0.2) is 4.79 Å². The molecule has 2 fully saturated rings. The molecule has 2 aliphatic carbocycles. The average Bonchev–Trinajstić information content (AvgIpc) is 3.42. The third-order valence-electron chi connectivity index (χ3n) is 6.37. The number of anilines is 1. The van der Waals surface area contributed by atoms with Crippen LogP contribution in [0.1, 0.15) is 29.3 Å². The number of esters is 1. The summed E-state index contributed by atoms with van der Waals surface area (Å²) < 4.78 is 5.41. The van der Waals surface area contributed by atoms with E-state index in [0.717, 1.165) is 12.8 Å². The second kappa shape index (κ2) is 6.69. The molecule has 0 unspecified atom stereocenters. The van der Waals surface area contributed by atoms with Gasteiger partial charge in [-0.15, -0.1) is 0 Å². The van der Waals surface area contributed by atoms with Gasteiger partial charge in [0, 0.05) is 0 Å². The number of carbonyl (C=O) groups excluding carboxylic acids is 3. The van der Waals surface area contributed by atoms with Crippen molar-refractivity contribution < 1.29 is 19.1 Å². The molecule has 2 amide bonds. The molecule has 146 valence electrons. The van der Waals surface area contributed by atoms with Crippen LogP contribution in [0.2, 0.25) is 0 Å². The van der Waals surface area contributed by atoms with Gasteiger partial charge in [-0.05, 0) is 66.6 Å². The van der Waals surface area contributed by atoms with Gasteiger partial charge in [0.15, 0.2) is 0 Å². The maximum absolute atomic E-state index is 12.9. The molecular formula is C24H21NO4. The number of rotatable bonds is 4. The number of nitrogens with zero attached hydrogens (tertiary/aromatic N) is 1. The van der Waals surface area contributed by atoms with Crippen molar-refractivity contribution in [1.29, 1.82) is 0 Å². The molecule has 5 nitrogen and oxygen atoms in total. The van der Waals surface area contributed by atoms with Crippen molar-refractivity contribution in [3.63, 3.8) is 0 Å². The van der Waals surface area contributed by atoms with Crippen LogP contribution in [-0.4, -0.2) is 17.8 Å². The van der Waals surface area contributed by atoms with E-state index in [0.29, 0.717) is 17.0 Å². The number of imide groups is 1. The van der Waals surface area contributed by atoms with E-state index >= 15 is 0 Å². The molecule has 0 aromatic heterocycles. The summed E-state index contributed by atoms with van der Waals surface area (Å²) in [5.41, 5.74) is 2.05. The van der Waals surface area contributed by atoms with Crippen LogP contribution in [-0.2, 0) is 16.0 Å². The highest BCUT2D eigenvalue weighted by Gasteiger charge is 2.59. The molecule has 4 atom stereocenters. The Morgan fingerprint density at radius 3 is 2.07 bits per heavy atom. The van der Waals surface area contributed by atoms with Gasteiger partial charge in [-0.2, -0.15) is 0 Å². The standard InChI is InChI=1S/C24H21NO4/c1-2-14-3-11-19(12-4-14)29-24(28)15-7-9-18(10-8-15)25-22(26)20-16-5-6-17(13-16)21(20)23(25)27/h3-12,16-17,20-21H,2,13H2,1H3/t16-,17-,20-,21-/m0/s1. The molecule has 29 heavy (non-hydrogen) atoms. The van der Waals surface area contributed by atoms with Crippen LogP contribution in [0.4, 0.5) is 5.69 Å². The third-order valence-corrected chi connectivity index (χ3v) is 6.37. The fourth-order valence-electron chi connectivity index (χ4n) is 4.86. The molecule has 5 rings (SSSR count). The molecule has 5 heteroatoms. The number of hydrogen-bond acceptors (Lipinski definition) is 4. The van der Waals surface area contributed by atoms with Gasteiger partial charge < -0.3 is 4.74 Å². The van der Waals surface area contributed by atoms with E-state index in [2.05, 4.69) is 19.1 Å². The van der Waals surface area contributed by atoms with E-state index in [1.807, 2.05) is 12.1 Å². The van der Waals surface area contributed by atoms with Gasteiger partial charge in [0.1, 0.15) is 5.75 Å². The lowest BCUT2D eigenvalue weighted by Crippen LogP contribution is -2.32. The number of hydrogen-bond donors (Lipinski definition) is 0. The minimum absolute atomic E-state index is 0.122. The van der Waals surface area contributed by atoms with Gasteiger partial charge >= 0.3 is 5.97 Å². The van der Waals surface area contributed by atoms with Crippen molar-refractivity contribution in [1.82, 2.24) is 0 Å². The first-order valence-electron chi connectivity index (χ1n) is 10.0. The normalized spacial score (nSPS) is 26.9. The lowest BCUT2D eigenvalue weighted by molar-refractivity contribution is -0.123. The molecule has 1 aliphatic heterocycles. The zero-order valence-corrected chi connectivity index (χ0v) is 16.1. The first-order valence-corrected chi connectivity index (χ1v) is 10.0. The largest absolute Gasteiger partial charge is 0.423 e. The highest BCUT2D eigenvalue weighted by Crippen LogP contribution is 2.53. The average molecular weight is 387 g/mol. The molecule has 0 radical (unpaired) electrons. The van der Waals surface area contributed by atoms with Gasteiger partial charge in [-0.3, -0.25) is 14.5 Å². The highest BCUT2D eigenvalue weighted by molar-refractivity contribution is 6.22. The number of aryl methyl sites for hydroxylation is 1. The number of ether oxygens (including phenoxy) is 1. The number of allylic oxidation sites excluding steroid dienone is 2. The monoisotopic (exact) mass is 387 g/mol. The number of fused-ring (bicyclic) bond motifs is 5. The van der Waals surface area contributed by atoms with E-state index in [4.69, 9.17) is 4.74 Å². The molecule has 1 saturated carbocycles. The smallest absolute Gasteiger partial charge is 0.343 e. The van der Waals surface area contributed by atoms with E-state index in [1.165, 1.54) is 10.5 Å². The molecule has 2 aromatic rings. The maximum Gasteiger partial charge on any atom is 0.343 e. The topological polar surface area (TPSA) is 63.7 Å². The predicted octanol–water partition coefficient (Wildman–Crippen LogP) is 3.78. The third kappa shape index (κ3) is 2.80. The van der Waals surface area contributed by atoms with Crippen LogP contribution >= 0.6 is 0 Å². The van der Waals surface area contributed by atoms with Gasteiger partial charge in [-0.1, -0.05) is 31.2 Å². The molecule has 3 aliphatic rings. The summed E-state index contributed by atoms with van der Waals surface area (Å²) in [6.45, 7) is 2.06. The maximum atomic E-state index is 12.9. The number of amides is 2. The Bertz CT molecular complexity index is 992. The SMILES string of the molecule is CCc1ccc(OC(=O)c2ccc(N3C(=O)[C@@H]4[C@@H](C3=O)[C@H]3C=C[C@H]4C3)cc2)cc1. The quantitative estimate of drug-likeness (QED) is 0.347. The van der Waals surface area contributed by atoms with E-state index < -0.39 is 5.97 Å². The second-order valence-electron chi connectivity index (χ2n) is 7.95. The Hall–Kier alpha value is -3.21. The summed E-state index contributed by atoms with van der Waals surface area (Å²) in [5.74, 6) is -0.330. The molecule has 0 N–H and O–H groups in total. The van der Waals surface area contributed by atoms with Gasteiger partial charge in [0.05, 0.1) is 23.1 Å². The summed E-state index contributed by atoms with van der Waals surface area (Å²) in [6, 6.07) is 13.9. The Morgan fingerprint density at radius 2 is 1.52 bits per heavy atom. The van der Waals surface area contributed by atoms with Crippen molar-refractivity contribution in [3.8, 4) is 5.75 Å². The van der Waals surface area contributed by atoms with Crippen molar-refractivity contribution in [2.75, 3.05) is 4.90 Å². The Morgan fingerprint density at radius 1 is 0.931 bits per heavy atom. The highest BCUT2D eigenvalue weighted by atomic mass is 16.5. The zero-order valence-electron chi connectivity index (χ0n) is 16.1. The lowest BCUT2D eigenvalue weighted by atomic mass is 9.85. The minimum Gasteiger partial charge on any atom is -0.423 e. The van der Waals surface area contributed by atoms with Crippen molar-refractivity contribution in [2.45, 2.75) is 19.8 Å². The Balaban J connectivity index is 1.32.